The van der Waals surface area contributed by atoms with Gasteiger partial charge in [0, 0.05) is 19.4 Å². The zero-order chi connectivity index (χ0) is 11.6. The minimum absolute atomic E-state index is 0.0432. The fourth-order valence-corrected chi connectivity index (χ4v) is 2.08. The summed E-state index contributed by atoms with van der Waals surface area (Å²) in [7, 11) is -1.73. The molecule has 2 aromatic rings. The van der Waals surface area contributed by atoms with Crippen molar-refractivity contribution in [3.8, 4) is 0 Å². The third-order valence-electron chi connectivity index (χ3n) is 2.10. The van der Waals surface area contributed by atoms with Gasteiger partial charge in [0.25, 0.3) is 10.0 Å². The summed E-state index contributed by atoms with van der Waals surface area (Å²) in [5.74, 6) is 0.642. The molecule has 0 aliphatic carbocycles. The molecule has 16 heavy (non-hydrogen) atoms. The van der Waals surface area contributed by atoms with Crippen LogP contribution in [0, 0.1) is 0 Å². The minimum atomic E-state index is -3.53. The lowest BCUT2D eigenvalue weighted by molar-refractivity contribution is 0.574. The van der Waals surface area contributed by atoms with E-state index in [0.717, 1.165) is 0 Å². The van der Waals surface area contributed by atoms with Gasteiger partial charge < -0.3 is 9.55 Å². The Balaban J connectivity index is 2.09. The number of nitrogens with one attached hydrogen (secondary N) is 2. The first kappa shape index (κ1) is 10.8. The normalized spacial score (nSPS) is 11.8. The predicted molar refractivity (Wildman–Crippen MR) is 55.8 cm³/mol. The van der Waals surface area contributed by atoms with Gasteiger partial charge in [-0.15, -0.1) is 0 Å². The van der Waals surface area contributed by atoms with Crippen LogP contribution < -0.4 is 4.72 Å². The summed E-state index contributed by atoms with van der Waals surface area (Å²) in [5, 5.41) is 0.0432. The maximum absolute atomic E-state index is 11.7. The van der Waals surface area contributed by atoms with E-state index in [9.17, 15) is 8.42 Å². The molecule has 0 saturated heterocycles. The molecular formula is C8H11N5O2S. The molecule has 0 atom stereocenters. The second-order valence-corrected chi connectivity index (χ2v) is 4.93. The Bertz CT molecular complexity index is 557. The van der Waals surface area contributed by atoms with E-state index in [1.807, 2.05) is 0 Å². The summed E-state index contributed by atoms with van der Waals surface area (Å²) < 4.78 is 27.5. The van der Waals surface area contributed by atoms with Gasteiger partial charge in [0.05, 0.1) is 19.1 Å². The van der Waals surface area contributed by atoms with Crippen LogP contribution in [0.25, 0.3) is 0 Å². The molecule has 8 heteroatoms. The first-order chi connectivity index (χ1) is 7.59. The number of hydrogen-bond donors (Lipinski definition) is 2. The lowest BCUT2D eigenvalue weighted by Crippen LogP contribution is -2.25. The Morgan fingerprint density at radius 3 is 2.94 bits per heavy atom. The van der Waals surface area contributed by atoms with Gasteiger partial charge in [-0.25, -0.2) is 23.1 Å². The number of rotatable bonds is 4. The van der Waals surface area contributed by atoms with Crippen molar-refractivity contribution in [3.05, 3.63) is 30.7 Å². The number of hydrogen-bond acceptors (Lipinski definition) is 4. The van der Waals surface area contributed by atoms with Crippen molar-refractivity contribution in [2.24, 2.45) is 7.05 Å². The molecule has 0 aromatic carbocycles. The Labute approximate surface area is 92.6 Å². The van der Waals surface area contributed by atoms with Crippen LogP contribution in [0.1, 0.15) is 5.82 Å². The highest BCUT2D eigenvalue weighted by Crippen LogP contribution is 2.03. The number of aromatic nitrogens is 4. The van der Waals surface area contributed by atoms with Crippen molar-refractivity contribution in [1.29, 1.82) is 0 Å². The zero-order valence-electron chi connectivity index (χ0n) is 8.58. The van der Waals surface area contributed by atoms with Crippen LogP contribution in [0.3, 0.4) is 0 Å². The molecule has 2 aromatic heterocycles. The standard InChI is InChI=1S/C8H11N5O2S/c1-13-3-2-10-7(13)4-12-16(14,15)8-5-9-6-11-8/h2-3,5-6,12H,4H2,1H3,(H,9,11). The van der Waals surface area contributed by atoms with Crippen LogP contribution in [0.2, 0.25) is 0 Å². The first-order valence-corrected chi connectivity index (χ1v) is 6.02. The van der Waals surface area contributed by atoms with Crippen molar-refractivity contribution in [2.45, 2.75) is 11.6 Å². The van der Waals surface area contributed by atoms with Crippen molar-refractivity contribution in [1.82, 2.24) is 24.2 Å². The molecule has 0 aliphatic rings. The number of H-pyrrole nitrogens is 1. The van der Waals surface area contributed by atoms with Crippen LogP contribution in [-0.4, -0.2) is 27.9 Å². The molecular weight excluding hydrogens is 230 g/mol. The summed E-state index contributed by atoms with van der Waals surface area (Å²) in [4.78, 5) is 10.2. The minimum Gasteiger partial charge on any atom is -0.337 e. The molecule has 0 bridgehead atoms. The summed E-state index contributed by atoms with van der Waals surface area (Å²) in [6, 6.07) is 0. The van der Waals surface area contributed by atoms with E-state index >= 15 is 0 Å². The summed E-state index contributed by atoms with van der Waals surface area (Å²) in [5.41, 5.74) is 0. The van der Waals surface area contributed by atoms with Crippen LogP contribution >= 0.6 is 0 Å². The Morgan fingerprint density at radius 1 is 1.56 bits per heavy atom. The quantitative estimate of drug-likeness (QED) is 0.763. The number of aromatic amines is 1. The number of imidazole rings is 2. The van der Waals surface area contributed by atoms with Crippen molar-refractivity contribution in [3.63, 3.8) is 0 Å². The van der Waals surface area contributed by atoms with E-state index in [0.29, 0.717) is 5.82 Å². The highest BCUT2D eigenvalue weighted by Gasteiger charge is 2.15. The van der Waals surface area contributed by atoms with E-state index in [2.05, 4.69) is 19.7 Å². The first-order valence-electron chi connectivity index (χ1n) is 4.54. The van der Waals surface area contributed by atoms with Gasteiger partial charge in [-0.3, -0.25) is 0 Å². The van der Waals surface area contributed by atoms with Crippen LogP contribution in [0.15, 0.2) is 29.9 Å². The lowest BCUT2D eigenvalue weighted by atomic mass is 10.6. The van der Waals surface area contributed by atoms with Crippen molar-refractivity contribution in [2.75, 3.05) is 0 Å². The average Bonchev–Trinajstić information content (AvgIpc) is 2.85. The Kier molecular flexibility index (Phi) is 2.75. The van der Waals surface area contributed by atoms with Gasteiger partial charge in [-0.05, 0) is 0 Å². The molecule has 0 radical (unpaired) electrons. The molecule has 0 aliphatic heterocycles. The molecule has 0 saturated carbocycles. The molecule has 0 unspecified atom stereocenters. The maximum atomic E-state index is 11.7. The fraction of sp³-hybridized carbons (Fsp3) is 0.250. The molecule has 7 nitrogen and oxygen atoms in total. The summed E-state index contributed by atoms with van der Waals surface area (Å²) >= 11 is 0. The Morgan fingerprint density at radius 2 is 2.38 bits per heavy atom. The van der Waals surface area contributed by atoms with Crippen LogP contribution in [0.5, 0.6) is 0 Å². The molecule has 2 heterocycles. The summed E-state index contributed by atoms with van der Waals surface area (Å²) in [6.45, 7) is 0.144. The van der Waals surface area contributed by atoms with E-state index in [1.165, 1.54) is 12.5 Å². The molecule has 86 valence electrons. The Hall–Kier alpha value is -1.67. The second kappa shape index (κ2) is 4.06. The zero-order valence-corrected chi connectivity index (χ0v) is 9.40. The monoisotopic (exact) mass is 241 g/mol. The predicted octanol–water partition coefficient (Wildman–Crippen LogP) is -0.378. The van der Waals surface area contributed by atoms with Crippen molar-refractivity contribution >= 4 is 10.0 Å². The fourth-order valence-electron chi connectivity index (χ4n) is 1.19. The molecule has 0 spiro atoms. The third kappa shape index (κ3) is 2.12. The topological polar surface area (TPSA) is 92.7 Å². The maximum Gasteiger partial charge on any atom is 0.258 e. The number of sulfonamides is 1. The highest BCUT2D eigenvalue weighted by molar-refractivity contribution is 7.89. The molecule has 2 rings (SSSR count). The molecule has 2 N–H and O–H groups in total. The number of aryl methyl sites for hydroxylation is 1. The van der Waals surface area contributed by atoms with Gasteiger partial charge in [-0.2, -0.15) is 0 Å². The third-order valence-corrected chi connectivity index (χ3v) is 3.43. The van der Waals surface area contributed by atoms with Gasteiger partial charge in [-0.1, -0.05) is 0 Å². The van der Waals surface area contributed by atoms with E-state index in [4.69, 9.17) is 0 Å². The van der Waals surface area contributed by atoms with Gasteiger partial charge in [0.15, 0.2) is 5.03 Å². The highest BCUT2D eigenvalue weighted by atomic mass is 32.2. The smallest absolute Gasteiger partial charge is 0.258 e. The molecule has 0 amide bonds. The van der Waals surface area contributed by atoms with Gasteiger partial charge in [0.2, 0.25) is 0 Å². The van der Waals surface area contributed by atoms with Crippen LogP contribution in [0.4, 0.5) is 0 Å². The van der Waals surface area contributed by atoms with Gasteiger partial charge >= 0.3 is 0 Å². The van der Waals surface area contributed by atoms with Crippen LogP contribution in [-0.2, 0) is 23.6 Å². The lowest BCUT2D eigenvalue weighted by Gasteiger charge is -2.04. The average molecular weight is 241 g/mol. The second-order valence-electron chi connectivity index (χ2n) is 3.19. The van der Waals surface area contributed by atoms with E-state index in [1.54, 1.807) is 24.0 Å². The summed E-state index contributed by atoms with van der Waals surface area (Å²) in [6.07, 6.45) is 5.93. The van der Waals surface area contributed by atoms with Crippen molar-refractivity contribution < 1.29 is 8.42 Å². The van der Waals surface area contributed by atoms with E-state index < -0.39 is 10.0 Å². The number of nitrogens with zero attached hydrogens (tertiary/aromatic N) is 3. The molecule has 0 fully saturated rings. The largest absolute Gasteiger partial charge is 0.337 e. The van der Waals surface area contributed by atoms with E-state index in [-0.39, 0.29) is 11.6 Å². The van der Waals surface area contributed by atoms with Gasteiger partial charge in [0.1, 0.15) is 5.82 Å². The SMILES string of the molecule is Cn1ccnc1CNS(=O)(=O)c1cnc[nH]1.